The third-order valence-electron chi connectivity index (χ3n) is 2.27. The van der Waals surface area contributed by atoms with Crippen LogP contribution in [0.3, 0.4) is 0 Å². The van der Waals surface area contributed by atoms with Gasteiger partial charge in [0.1, 0.15) is 0 Å². The fraction of sp³-hybridized carbons (Fsp3) is 0. The van der Waals surface area contributed by atoms with Gasteiger partial charge in [0.2, 0.25) is 16.6 Å². The number of nitrogens with zero attached hydrogens (tertiary/aromatic N) is 1. The Bertz CT molecular complexity index is 572. The summed E-state index contributed by atoms with van der Waals surface area (Å²) >= 11 is 0. The molecule has 3 rings (SSSR count). The first-order valence-corrected chi connectivity index (χ1v) is 5.92. The summed E-state index contributed by atoms with van der Waals surface area (Å²) in [5, 5.41) is 0. The Labute approximate surface area is 98.9 Å². The van der Waals surface area contributed by atoms with Crippen molar-refractivity contribution < 1.29 is 33.3 Å². The van der Waals surface area contributed by atoms with Crippen molar-refractivity contribution in [3.8, 4) is 0 Å². The number of hydrogen-bond acceptors (Lipinski definition) is 4. The van der Waals surface area contributed by atoms with Crippen LogP contribution in [-0.4, -0.2) is 0 Å². The van der Waals surface area contributed by atoms with Gasteiger partial charge in [0.15, 0.2) is 0 Å². The van der Waals surface area contributed by atoms with Crippen LogP contribution in [0.15, 0.2) is 48.5 Å². The molecular formula is C11H8ClNO4. The van der Waals surface area contributed by atoms with E-state index >= 15 is 0 Å². The summed E-state index contributed by atoms with van der Waals surface area (Å²) in [4.78, 5) is 0. The van der Waals surface area contributed by atoms with Crippen molar-refractivity contribution in [2.75, 3.05) is 0 Å². The summed E-state index contributed by atoms with van der Waals surface area (Å²) < 4.78 is 36.2. The lowest BCUT2D eigenvalue weighted by atomic mass is 10.4. The summed E-state index contributed by atoms with van der Waals surface area (Å²) in [6.07, 6.45) is 0. The SMILES string of the molecule is [O-][Cl+3]([O-])([O-])[O-].c1ccc2ccc3ccc(c1)[n+]23. The molecule has 0 fully saturated rings. The Hall–Kier alpha value is -1.50. The highest BCUT2D eigenvalue weighted by molar-refractivity contribution is 5.59. The van der Waals surface area contributed by atoms with E-state index < -0.39 is 10.2 Å². The molecule has 0 atom stereocenters. The topological polar surface area (TPSA) is 96.3 Å². The normalized spacial score (nSPS) is 11.5. The molecule has 5 nitrogen and oxygen atoms in total. The monoisotopic (exact) mass is 253 g/mol. The zero-order valence-corrected chi connectivity index (χ0v) is 9.33. The highest BCUT2D eigenvalue weighted by Crippen LogP contribution is 2.08. The van der Waals surface area contributed by atoms with Gasteiger partial charge in [0.05, 0.1) is 0 Å². The second-order valence-electron chi connectivity index (χ2n) is 3.37. The molecule has 0 aliphatic heterocycles. The van der Waals surface area contributed by atoms with Crippen molar-refractivity contribution in [1.29, 1.82) is 0 Å². The molecule has 0 aliphatic rings. The summed E-state index contributed by atoms with van der Waals surface area (Å²) in [6, 6.07) is 17.0. The van der Waals surface area contributed by atoms with Crippen molar-refractivity contribution in [1.82, 2.24) is 0 Å². The molecule has 0 saturated heterocycles. The summed E-state index contributed by atoms with van der Waals surface area (Å²) in [5.41, 5.74) is 3.79. The lowest BCUT2D eigenvalue weighted by Gasteiger charge is -2.17. The summed E-state index contributed by atoms with van der Waals surface area (Å²) in [7, 11) is -4.94. The van der Waals surface area contributed by atoms with Gasteiger partial charge in [-0.25, -0.2) is 18.6 Å². The molecule has 0 spiro atoms. The van der Waals surface area contributed by atoms with E-state index in [2.05, 4.69) is 52.9 Å². The Balaban J connectivity index is 0.000000188. The van der Waals surface area contributed by atoms with Crippen LogP contribution in [-0.2, 0) is 0 Å². The summed E-state index contributed by atoms with van der Waals surface area (Å²) in [6.45, 7) is 0. The zero-order valence-electron chi connectivity index (χ0n) is 8.58. The van der Waals surface area contributed by atoms with Gasteiger partial charge in [-0.05, 0) is 0 Å². The predicted octanol–water partition coefficient (Wildman–Crippen LogP) is -2.74. The average molecular weight is 254 g/mol. The van der Waals surface area contributed by atoms with Crippen LogP contribution in [0.25, 0.3) is 16.6 Å². The standard InChI is InChI=1S/C11H8N.ClHO4/c1-2-4-10-6-8-11-7-5-9(3-1)12(10)11;2-1(3,4)5/h1-8H;(H,2,3,4,5)/q+1;/p-1. The molecule has 0 N–H and O–H groups in total. The first-order chi connectivity index (χ1) is 7.95. The quantitative estimate of drug-likeness (QED) is 0.406. The number of aromatic nitrogens is 1. The molecule has 0 amide bonds. The molecule has 3 aromatic rings. The third kappa shape index (κ3) is 3.00. The van der Waals surface area contributed by atoms with Crippen LogP contribution in [0.4, 0.5) is 0 Å². The van der Waals surface area contributed by atoms with E-state index in [0.29, 0.717) is 0 Å². The Morgan fingerprint density at radius 3 is 1.29 bits per heavy atom. The second-order valence-corrected chi connectivity index (χ2v) is 4.13. The fourth-order valence-corrected chi connectivity index (χ4v) is 1.71. The largest absolute Gasteiger partial charge is 0.222 e. The summed E-state index contributed by atoms with van der Waals surface area (Å²) in [5.74, 6) is 0. The van der Waals surface area contributed by atoms with Crippen LogP contribution in [0.2, 0.25) is 0 Å². The van der Waals surface area contributed by atoms with Crippen molar-refractivity contribution in [2.24, 2.45) is 0 Å². The van der Waals surface area contributed by atoms with E-state index in [-0.39, 0.29) is 0 Å². The van der Waals surface area contributed by atoms with Crippen LogP contribution < -0.4 is 23.0 Å². The van der Waals surface area contributed by atoms with E-state index in [9.17, 15) is 0 Å². The van der Waals surface area contributed by atoms with Gasteiger partial charge in [-0.1, -0.05) is 12.1 Å². The van der Waals surface area contributed by atoms with Gasteiger partial charge in [0.25, 0.3) is 0 Å². The average Bonchev–Trinajstić information content (AvgIpc) is 2.68. The Morgan fingerprint density at radius 1 is 0.647 bits per heavy atom. The molecule has 0 radical (unpaired) electrons. The van der Waals surface area contributed by atoms with E-state index in [1.807, 2.05) is 0 Å². The fourth-order valence-electron chi connectivity index (χ4n) is 1.71. The van der Waals surface area contributed by atoms with Gasteiger partial charge in [-0.2, -0.15) is 4.40 Å². The van der Waals surface area contributed by atoms with Crippen LogP contribution in [0.5, 0.6) is 0 Å². The van der Waals surface area contributed by atoms with Gasteiger partial charge in [-0.3, -0.25) is 0 Å². The highest BCUT2D eigenvalue weighted by atomic mass is 35.7. The molecule has 17 heavy (non-hydrogen) atoms. The minimum atomic E-state index is -4.94. The molecule has 3 aromatic heterocycles. The maximum absolute atomic E-state index is 8.49. The number of rotatable bonds is 0. The predicted molar refractivity (Wildman–Crippen MR) is 48.3 cm³/mol. The molecule has 0 aliphatic carbocycles. The first-order valence-electron chi connectivity index (χ1n) is 4.69. The molecule has 0 unspecified atom stereocenters. The zero-order chi connectivity index (χ0) is 12.5. The smallest absolute Gasteiger partial charge is 0.212 e. The lowest BCUT2D eigenvalue weighted by molar-refractivity contribution is -2.00. The van der Waals surface area contributed by atoms with E-state index in [0.717, 1.165) is 0 Å². The number of halogens is 1. The van der Waals surface area contributed by atoms with Gasteiger partial charge in [-0.15, -0.1) is 10.2 Å². The van der Waals surface area contributed by atoms with Crippen molar-refractivity contribution in [3.63, 3.8) is 0 Å². The lowest BCUT2D eigenvalue weighted by Crippen LogP contribution is -2.68. The number of hydrogen-bond donors (Lipinski definition) is 0. The third-order valence-corrected chi connectivity index (χ3v) is 2.27. The van der Waals surface area contributed by atoms with Gasteiger partial charge in [0, 0.05) is 36.4 Å². The van der Waals surface area contributed by atoms with E-state index in [1.165, 1.54) is 16.6 Å². The van der Waals surface area contributed by atoms with E-state index in [4.69, 9.17) is 18.6 Å². The molecule has 0 bridgehead atoms. The Kier molecular flexibility index (Phi) is 3.10. The van der Waals surface area contributed by atoms with Crippen LogP contribution in [0, 0.1) is 10.2 Å². The minimum absolute atomic E-state index is 1.26. The molecule has 88 valence electrons. The van der Waals surface area contributed by atoms with Crippen molar-refractivity contribution in [3.05, 3.63) is 48.5 Å². The Morgan fingerprint density at radius 2 is 0.941 bits per heavy atom. The molecule has 3 heterocycles. The molecule has 0 saturated carbocycles. The van der Waals surface area contributed by atoms with Crippen LogP contribution in [0.1, 0.15) is 0 Å². The molecular weight excluding hydrogens is 246 g/mol. The van der Waals surface area contributed by atoms with E-state index in [1.54, 1.807) is 0 Å². The van der Waals surface area contributed by atoms with Crippen molar-refractivity contribution in [2.45, 2.75) is 0 Å². The maximum Gasteiger partial charge on any atom is 0.212 e. The first kappa shape index (κ1) is 12.0. The second kappa shape index (κ2) is 4.40. The molecule has 0 aromatic carbocycles. The molecule has 6 heteroatoms. The van der Waals surface area contributed by atoms with Gasteiger partial charge < -0.3 is 0 Å². The van der Waals surface area contributed by atoms with Crippen molar-refractivity contribution >= 4 is 16.6 Å². The van der Waals surface area contributed by atoms with Gasteiger partial charge >= 0.3 is 0 Å². The maximum atomic E-state index is 8.49. The minimum Gasteiger partial charge on any atom is -0.222 e. The van der Waals surface area contributed by atoms with Crippen LogP contribution >= 0.6 is 0 Å². The highest BCUT2D eigenvalue weighted by Gasteiger charge is 2.10.